The van der Waals surface area contributed by atoms with Gasteiger partial charge in [-0.3, -0.25) is 0 Å². The lowest BCUT2D eigenvalue weighted by molar-refractivity contribution is 0.193. The van der Waals surface area contributed by atoms with Crippen molar-refractivity contribution in [1.82, 2.24) is 25.0 Å². The molecule has 2 heterocycles. The third kappa shape index (κ3) is 4.48. The molecule has 168 valence electrons. The Bertz CT molecular complexity index is 1110. The van der Waals surface area contributed by atoms with Gasteiger partial charge in [0.2, 0.25) is 0 Å². The third-order valence-corrected chi connectivity index (χ3v) is 5.41. The molecule has 1 aliphatic rings. The standard InChI is InChI=1S/C22H24F2N6O2/c1-15-26-14-30(27-15)19-7-6-17(12-20(19)32-2)28-8-10-29(11-9-28)22(31)25-13-16-4-3-5-18(23)21(16)24/h3-7,12,14H,8-11,13H2,1-2H3,(H,25,31). The van der Waals surface area contributed by atoms with E-state index in [1.807, 2.05) is 25.1 Å². The van der Waals surface area contributed by atoms with Gasteiger partial charge >= 0.3 is 6.03 Å². The molecule has 0 saturated carbocycles. The molecule has 1 aromatic heterocycles. The first kappa shape index (κ1) is 21.5. The predicted octanol–water partition coefficient (Wildman–Crippen LogP) is 2.89. The van der Waals surface area contributed by atoms with Gasteiger partial charge < -0.3 is 19.9 Å². The Balaban J connectivity index is 1.36. The summed E-state index contributed by atoms with van der Waals surface area (Å²) in [6, 6.07) is 9.47. The zero-order valence-corrected chi connectivity index (χ0v) is 17.9. The lowest BCUT2D eigenvalue weighted by Crippen LogP contribution is -2.51. The molecule has 1 fully saturated rings. The van der Waals surface area contributed by atoms with Gasteiger partial charge in [-0.25, -0.2) is 23.2 Å². The number of amides is 2. The van der Waals surface area contributed by atoms with Crippen molar-refractivity contribution in [2.75, 3.05) is 38.2 Å². The van der Waals surface area contributed by atoms with E-state index in [1.54, 1.807) is 23.0 Å². The number of hydrogen-bond donors (Lipinski definition) is 1. The molecule has 32 heavy (non-hydrogen) atoms. The van der Waals surface area contributed by atoms with E-state index in [-0.39, 0.29) is 18.1 Å². The van der Waals surface area contributed by atoms with E-state index >= 15 is 0 Å². The third-order valence-electron chi connectivity index (χ3n) is 5.41. The Kier molecular flexibility index (Phi) is 6.20. The minimum atomic E-state index is -0.934. The molecule has 4 rings (SSSR count). The van der Waals surface area contributed by atoms with Crippen LogP contribution in [0.15, 0.2) is 42.7 Å². The fourth-order valence-corrected chi connectivity index (χ4v) is 3.65. The lowest BCUT2D eigenvalue weighted by Gasteiger charge is -2.36. The van der Waals surface area contributed by atoms with Gasteiger partial charge in [-0.1, -0.05) is 12.1 Å². The molecule has 1 aliphatic heterocycles. The highest BCUT2D eigenvalue weighted by Gasteiger charge is 2.22. The molecule has 0 aliphatic carbocycles. The zero-order valence-electron chi connectivity index (χ0n) is 17.9. The summed E-state index contributed by atoms with van der Waals surface area (Å²) >= 11 is 0. The second kappa shape index (κ2) is 9.21. The van der Waals surface area contributed by atoms with E-state index in [9.17, 15) is 13.6 Å². The van der Waals surface area contributed by atoms with Crippen LogP contribution in [0.4, 0.5) is 19.3 Å². The quantitative estimate of drug-likeness (QED) is 0.658. The molecule has 2 aromatic carbocycles. The van der Waals surface area contributed by atoms with E-state index in [0.29, 0.717) is 37.8 Å². The Morgan fingerprint density at radius 1 is 1.16 bits per heavy atom. The van der Waals surface area contributed by atoms with Crippen molar-refractivity contribution in [3.8, 4) is 11.4 Å². The summed E-state index contributed by atoms with van der Waals surface area (Å²) in [6.45, 7) is 4.03. The Hall–Kier alpha value is -3.69. The molecule has 1 N–H and O–H groups in total. The fraction of sp³-hybridized carbons (Fsp3) is 0.318. The van der Waals surface area contributed by atoms with Crippen LogP contribution in [0.1, 0.15) is 11.4 Å². The van der Waals surface area contributed by atoms with Crippen molar-refractivity contribution < 1.29 is 18.3 Å². The van der Waals surface area contributed by atoms with Crippen LogP contribution in [0.2, 0.25) is 0 Å². The van der Waals surface area contributed by atoms with Gasteiger partial charge in [0.05, 0.1) is 7.11 Å². The number of piperazine rings is 1. The molecule has 3 aromatic rings. The summed E-state index contributed by atoms with van der Waals surface area (Å²) in [5, 5.41) is 6.99. The minimum Gasteiger partial charge on any atom is -0.494 e. The Morgan fingerprint density at radius 3 is 2.62 bits per heavy atom. The number of halogens is 2. The molecule has 10 heteroatoms. The summed E-state index contributed by atoms with van der Waals surface area (Å²) in [4.78, 5) is 20.4. The first-order chi connectivity index (χ1) is 15.5. The Labute approximate surface area is 184 Å². The number of nitrogens with zero attached hydrogens (tertiary/aromatic N) is 5. The number of hydrogen-bond acceptors (Lipinski definition) is 5. The monoisotopic (exact) mass is 442 g/mol. The summed E-state index contributed by atoms with van der Waals surface area (Å²) < 4.78 is 34.3. The van der Waals surface area contributed by atoms with Crippen molar-refractivity contribution in [2.45, 2.75) is 13.5 Å². The molecule has 0 radical (unpaired) electrons. The molecular weight excluding hydrogens is 418 g/mol. The number of methoxy groups -OCH3 is 1. The van der Waals surface area contributed by atoms with Crippen LogP contribution >= 0.6 is 0 Å². The van der Waals surface area contributed by atoms with Gasteiger partial charge in [-0.15, -0.1) is 0 Å². The van der Waals surface area contributed by atoms with Gasteiger partial charge in [-0.2, -0.15) is 5.10 Å². The second-order valence-electron chi connectivity index (χ2n) is 7.44. The van der Waals surface area contributed by atoms with E-state index in [0.717, 1.165) is 17.4 Å². The molecule has 1 saturated heterocycles. The number of carbonyl (C=O) groups is 1. The summed E-state index contributed by atoms with van der Waals surface area (Å²) in [5.74, 6) is -0.516. The molecule has 0 unspecified atom stereocenters. The minimum absolute atomic E-state index is 0.0664. The molecule has 0 atom stereocenters. The maximum Gasteiger partial charge on any atom is 0.317 e. The summed E-state index contributed by atoms with van der Waals surface area (Å²) in [7, 11) is 1.61. The predicted molar refractivity (Wildman–Crippen MR) is 115 cm³/mol. The van der Waals surface area contributed by atoms with Crippen LogP contribution in [0, 0.1) is 18.6 Å². The summed E-state index contributed by atoms with van der Waals surface area (Å²) in [5.41, 5.74) is 1.88. The maximum atomic E-state index is 13.8. The molecular formula is C22H24F2N6O2. The SMILES string of the molecule is COc1cc(N2CCN(C(=O)NCc3cccc(F)c3F)CC2)ccc1-n1cnc(C)n1. The van der Waals surface area contributed by atoms with Crippen LogP contribution in [0.25, 0.3) is 5.69 Å². The number of benzene rings is 2. The van der Waals surface area contributed by atoms with Crippen molar-refractivity contribution in [3.63, 3.8) is 0 Å². The number of ether oxygens (including phenoxy) is 1. The summed E-state index contributed by atoms with van der Waals surface area (Å²) in [6.07, 6.45) is 1.64. The number of urea groups is 1. The second-order valence-corrected chi connectivity index (χ2v) is 7.44. The Morgan fingerprint density at radius 2 is 1.94 bits per heavy atom. The highest BCUT2D eigenvalue weighted by atomic mass is 19.2. The van der Waals surface area contributed by atoms with Crippen LogP contribution in [-0.2, 0) is 6.54 Å². The van der Waals surface area contributed by atoms with Gasteiger partial charge in [0.25, 0.3) is 0 Å². The van der Waals surface area contributed by atoms with Crippen molar-refractivity contribution in [2.24, 2.45) is 0 Å². The fourth-order valence-electron chi connectivity index (χ4n) is 3.65. The average molecular weight is 442 g/mol. The maximum absolute atomic E-state index is 13.8. The molecule has 2 amide bonds. The van der Waals surface area contributed by atoms with Crippen molar-refractivity contribution in [1.29, 1.82) is 0 Å². The first-order valence-corrected chi connectivity index (χ1v) is 10.2. The van der Waals surface area contributed by atoms with Crippen LogP contribution in [0.3, 0.4) is 0 Å². The van der Waals surface area contributed by atoms with Gasteiger partial charge in [-0.05, 0) is 25.1 Å². The largest absolute Gasteiger partial charge is 0.494 e. The van der Waals surface area contributed by atoms with Gasteiger partial charge in [0.15, 0.2) is 11.6 Å². The number of aryl methyl sites for hydroxylation is 1. The van der Waals surface area contributed by atoms with Gasteiger partial charge in [0.1, 0.15) is 23.6 Å². The smallest absolute Gasteiger partial charge is 0.317 e. The van der Waals surface area contributed by atoms with E-state index < -0.39 is 11.6 Å². The average Bonchev–Trinajstić information content (AvgIpc) is 3.25. The molecule has 8 nitrogen and oxygen atoms in total. The molecule has 0 bridgehead atoms. The number of anilines is 1. The van der Waals surface area contributed by atoms with Crippen molar-refractivity contribution >= 4 is 11.7 Å². The highest BCUT2D eigenvalue weighted by Crippen LogP contribution is 2.29. The highest BCUT2D eigenvalue weighted by molar-refractivity contribution is 5.74. The normalized spacial score (nSPS) is 13.9. The van der Waals surface area contributed by atoms with E-state index in [4.69, 9.17) is 4.74 Å². The number of carbonyl (C=O) groups excluding carboxylic acids is 1. The topological polar surface area (TPSA) is 75.5 Å². The number of nitrogens with one attached hydrogen (secondary N) is 1. The first-order valence-electron chi connectivity index (χ1n) is 10.2. The van der Waals surface area contributed by atoms with E-state index in [1.165, 1.54) is 12.1 Å². The van der Waals surface area contributed by atoms with Gasteiger partial charge in [0, 0.05) is 50.0 Å². The van der Waals surface area contributed by atoms with E-state index in [2.05, 4.69) is 20.3 Å². The van der Waals surface area contributed by atoms with Crippen LogP contribution in [0.5, 0.6) is 5.75 Å². The lowest BCUT2D eigenvalue weighted by atomic mass is 10.2. The number of aromatic nitrogens is 3. The number of rotatable bonds is 5. The van der Waals surface area contributed by atoms with Crippen molar-refractivity contribution in [3.05, 3.63) is 65.7 Å². The molecule has 0 spiro atoms. The zero-order chi connectivity index (χ0) is 22.7. The van der Waals surface area contributed by atoms with Crippen LogP contribution in [-0.4, -0.2) is 59.0 Å². The van der Waals surface area contributed by atoms with Crippen LogP contribution < -0.4 is 15.0 Å².